The van der Waals surface area contributed by atoms with Gasteiger partial charge in [-0.05, 0) is 30.2 Å². The zero-order valence-electron chi connectivity index (χ0n) is 33.4. The van der Waals surface area contributed by atoms with Crippen LogP contribution >= 0.6 is 0 Å². The Morgan fingerprint density at radius 1 is 0.871 bits per heavy atom. The number of aromatic nitrogens is 7. The van der Waals surface area contributed by atoms with Crippen LogP contribution in [-0.2, 0) is 22.4 Å². The summed E-state index contributed by atoms with van der Waals surface area (Å²) in [6.07, 6.45) is 3.65. The molecule has 19 heteroatoms. The fourth-order valence-electron chi connectivity index (χ4n) is 6.60. The van der Waals surface area contributed by atoms with Crippen LogP contribution in [0.1, 0.15) is 63.1 Å². The van der Waals surface area contributed by atoms with Crippen molar-refractivity contribution in [1.29, 1.82) is 0 Å². The van der Waals surface area contributed by atoms with E-state index < -0.39 is 41.3 Å². The summed E-state index contributed by atoms with van der Waals surface area (Å²) in [6, 6.07) is 21.6. The first-order valence-corrected chi connectivity index (χ1v) is 19.5. The highest BCUT2D eigenvalue weighted by Gasteiger charge is 2.36. The number of ether oxygens (including phenoxy) is 2. The van der Waals surface area contributed by atoms with Crippen LogP contribution in [0.15, 0.2) is 95.7 Å². The molecule has 4 N–H and O–H groups in total. The first-order chi connectivity index (χ1) is 30.0. The third kappa shape index (κ3) is 9.40. The van der Waals surface area contributed by atoms with E-state index in [1.165, 1.54) is 36.2 Å². The van der Waals surface area contributed by atoms with Crippen molar-refractivity contribution in [2.75, 3.05) is 36.6 Å². The molecular formula is C43H39N11O8. The maximum absolute atomic E-state index is 14.0. The molecule has 19 nitrogen and oxygen atoms in total. The van der Waals surface area contributed by atoms with Gasteiger partial charge in [-0.25, -0.2) is 15.0 Å². The number of fused-ring (bicyclic) bond motifs is 2. The van der Waals surface area contributed by atoms with Gasteiger partial charge < -0.3 is 29.6 Å². The van der Waals surface area contributed by atoms with Crippen molar-refractivity contribution >= 4 is 35.3 Å². The second-order valence-electron chi connectivity index (χ2n) is 14.6. The van der Waals surface area contributed by atoms with Gasteiger partial charge in [-0.3, -0.25) is 34.1 Å². The number of hydrogen-bond acceptors (Lipinski definition) is 14. The van der Waals surface area contributed by atoms with Crippen LogP contribution in [0.3, 0.4) is 0 Å². The normalized spacial score (nSPS) is 16.8. The summed E-state index contributed by atoms with van der Waals surface area (Å²) >= 11 is 0. The molecule has 4 amide bonds. The van der Waals surface area contributed by atoms with E-state index >= 15 is 0 Å². The maximum Gasteiger partial charge on any atom is 0.309 e. The van der Waals surface area contributed by atoms with Crippen LogP contribution in [0, 0.1) is 11.8 Å². The molecule has 2 aromatic carbocycles. The van der Waals surface area contributed by atoms with Gasteiger partial charge >= 0.3 is 11.8 Å². The summed E-state index contributed by atoms with van der Waals surface area (Å²) in [7, 11) is 1.51. The Hall–Kier alpha value is -7.98. The van der Waals surface area contributed by atoms with Gasteiger partial charge in [0.25, 0.3) is 17.7 Å². The van der Waals surface area contributed by atoms with Crippen molar-refractivity contribution in [2.45, 2.75) is 43.9 Å². The number of anilines is 2. The van der Waals surface area contributed by atoms with Crippen LogP contribution in [0.2, 0.25) is 0 Å². The maximum atomic E-state index is 14.0. The first-order valence-electron chi connectivity index (χ1n) is 19.5. The largest absolute Gasteiger partial charge is 0.487 e. The van der Waals surface area contributed by atoms with E-state index in [0.29, 0.717) is 30.0 Å². The number of H-pyrrole nitrogens is 1. The molecule has 8 rings (SSSR count). The molecule has 0 spiro atoms. The minimum atomic E-state index is -1.64. The van der Waals surface area contributed by atoms with E-state index in [4.69, 9.17) is 13.9 Å². The third-order valence-corrected chi connectivity index (χ3v) is 9.88. The zero-order valence-corrected chi connectivity index (χ0v) is 33.4. The van der Waals surface area contributed by atoms with E-state index in [-0.39, 0.29) is 61.2 Å². The Bertz CT molecular complexity index is 2680. The number of pyridine rings is 2. The second kappa shape index (κ2) is 17.7. The highest BCUT2D eigenvalue weighted by molar-refractivity contribution is 6.02. The number of carbonyl (C=O) groups is 4. The molecule has 6 aromatic rings. The van der Waals surface area contributed by atoms with Crippen molar-refractivity contribution in [1.82, 2.24) is 46.0 Å². The van der Waals surface area contributed by atoms with Crippen LogP contribution in [0.25, 0.3) is 0 Å². The highest BCUT2D eigenvalue weighted by Crippen LogP contribution is 2.31. The topological polar surface area (TPSA) is 244 Å². The van der Waals surface area contributed by atoms with E-state index in [2.05, 4.69) is 57.8 Å². The Balaban J connectivity index is 0.902. The second-order valence-corrected chi connectivity index (χ2v) is 14.6. The predicted molar refractivity (Wildman–Crippen MR) is 219 cm³/mol. The summed E-state index contributed by atoms with van der Waals surface area (Å²) in [4.78, 5) is 69.3. The van der Waals surface area contributed by atoms with Crippen LogP contribution < -0.4 is 29.9 Å². The zero-order chi connectivity index (χ0) is 43.2. The molecule has 0 radical (unpaired) electrons. The highest BCUT2D eigenvalue weighted by atomic mass is 16.5. The molecule has 6 heterocycles. The van der Waals surface area contributed by atoms with Crippen LogP contribution in [0.5, 0.6) is 11.5 Å². The average molecular weight is 838 g/mol. The lowest BCUT2D eigenvalue weighted by Crippen LogP contribution is -2.51. The average Bonchev–Trinajstić information content (AvgIpc) is 3.91. The first kappa shape index (κ1) is 40.8. The number of amides is 4. The van der Waals surface area contributed by atoms with Gasteiger partial charge in [0.1, 0.15) is 36.7 Å². The number of aliphatic hydroxyl groups is 1. The van der Waals surface area contributed by atoms with E-state index in [1.807, 2.05) is 60.7 Å². The fraction of sp³-hybridized carbons (Fsp3) is 0.256. The number of hydrogen-bond donors (Lipinski definition) is 4. The van der Waals surface area contributed by atoms with Gasteiger partial charge in [0.15, 0.2) is 23.1 Å². The van der Waals surface area contributed by atoms with Crippen molar-refractivity contribution in [3.05, 3.63) is 131 Å². The molecule has 62 heavy (non-hydrogen) atoms. The fourth-order valence-corrected chi connectivity index (χ4v) is 6.60. The van der Waals surface area contributed by atoms with Crippen LogP contribution in [-0.4, -0.2) is 109 Å². The number of benzene rings is 2. The molecule has 3 atom stereocenters. The summed E-state index contributed by atoms with van der Waals surface area (Å²) < 4.78 is 17.4. The summed E-state index contributed by atoms with van der Waals surface area (Å²) in [5, 5.41) is 31.3. The van der Waals surface area contributed by atoms with Gasteiger partial charge in [-0.1, -0.05) is 72.5 Å². The monoisotopic (exact) mass is 837 g/mol. The lowest BCUT2D eigenvalue weighted by atomic mass is 10.0. The molecule has 314 valence electrons. The molecular weight excluding hydrogens is 799 g/mol. The van der Waals surface area contributed by atoms with Crippen LogP contribution in [0.4, 0.5) is 11.6 Å². The number of nitrogens with zero attached hydrogens (tertiary/aromatic N) is 8. The SMILES string of the molecule is CN1C(=O)[C@@H](NC(=O)c2n[nH]c(Cc3ccccc3)n2)COc2cc(C#CC(C)(O)CCN3C(=O)[C@@H](NC(=O)c4nnc(Cc5ccccc5)o4)COc4cccnc43)cnc21. The van der Waals surface area contributed by atoms with Crippen molar-refractivity contribution in [3.8, 4) is 23.3 Å². The van der Waals surface area contributed by atoms with Crippen molar-refractivity contribution < 1.29 is 38.2 Å². The molecule has 4 aromatic heterocycles. The van der Waals surface area contributed by atoms with Crippen molar-refractivity contribution in [3.63, 3.8) is 0 Å². The summed E-state index contributed by atoms with van der Waals surface area (Å²) in [6.45, 7) is 1.01. The van der Waals surface area contributed by atoms with Gasteiger partial charge in [0, 0.05) is 50.5 Å². The summed E-state index contributed by atoms with van der Waals surface area (Å²) in [5.74, 6) is 4.53. The number of rotatable bonds is 11. The third-order valence-electron chi connectivity index (χ3n) is 9.88. The predicted octanol–water partition coefficient (Wildman–Crippen LogP) is 2.03. The number of likely N-dealkylation sites (N-methyl/N-ethyl adjacent to an activating group) is 1. The number of carbonyl (C=O) groups excluding carboxylic acids is 4. The Labute approximate surface area is 353 Å². The Morgan fingerprint density at radius 2 is 1.56 bits per heavy atom. The van der Waals surface area contributed by atoms with Gasteiger partial charge in [0.2, 0.25) is 11.7 Å². The van der Waals surface area contributed by atoms with Crippen molar-refractivity contribution in [2.24, 2.45) is 0 Å². The summed E-state index contributed by atoms with van der Waals surface area (Å²) in [5.41, 5.74) is 0.625. The smallest absolute Gasteiger partial charge is 0.309 e. The molecule has 2 aliphatic rings. The lowest BCUT2D eigenvalue weighted by Gasteiger charge is -2.26. The molecule has 0 bridgehead atoms. The lowest BCUT2D eigenvalue weighted by molar-refractivity contribution is -0.121. The molecule has 0 fully saturated rings. The Morgan fingerprint density at radius 3 is 2.32 bits per heavy atom. The number of aromatic amines is 1. The van der Waals surface area contributed by atoms with E-state index in [1.54, 1.807) is 18.2 Å². The Kier molecular flexibility index (Phi) is 11.6. The van der Waals surface area contributed by atoms with E-state index in [9.17, 15) is 24.3 Å². The molecule has 0 saturated carbocycles. The van der Waals surface area contributed by atoms with Gasteiger partial charge in [-0.15, -0.1) is 15.3 Å². The number of nitrogens with one attached hydrogen (secondary N) is 3. The quantitative estimate of drug-likeness (QED) is 0.137. The van der Waals surface area contributed by atoms with E-state index in [0.717, 1.165) is 11.1 Å². The molecule has 2 aliphatic heterocycles. The van der Waals surface area contributed by atoms with Gasteiger partial charge in [0.05, 0.1) is 6.42 Å². The minimum Gasteiger partial charge on any atom is -0.487 e. The standard InChI is InChI=1S/C43H39N11O8/c1-43(59,17-19-54-37-31(14-9-18-44-37)60-25-30(42(54)58)47-39(56)40-52-50-34(62-40)22-27-12-7-4-8-13-27)16-15-28-20-32-36(45-23-28)53(2)41(57)29(24-61-32)46-38(55)35-48-33(49-51-35)21-26-10-5-3-6-11-26/h3-14,18,20,23,29-30,59H,17,19,21-22,24-25H2,1-2H3,(H,46,55)(H,47,56)(H,48,49,51)/t29-,30-,43?/m0/s1. The van der Waals surface area contributed by atoms with Gasteiger partial charge in [-0.2, -0.15) is 0 Å². The minimum absolute atomic E-state index is 0.0407. The molecule has 1 unspecified atom stereocenters. The molecule has 0 aliphatic carbocycles. The molecule has 0 saturated heterocycles.